The van der Waals surface area contributed by atoms with Crippen molar-refractivity contribution in [1.29, 1.82) is 0 Å². The van der Waals surface area contributed by atoms with Gasteiger partial charge < -0.3 is 14.5 Å². The zero-order valence-corrected chi connectivity index (χ0v) is 16.4. The van der Waals surface area contributed by atoms with E-state index >= 15 is 0 Å². The molecule has 142 valence electrons. The molecule has 2 aromatic carbocycles. The highest BCUT2D eigenvalue weighted by atomic mass is 35.5. The van der Waals surface area contributed by atoms with Gasteiger partial charge in [0, 0.05) is 38.4 Å². The van der Waals surface area contributed by atoms with E-state index in [9.17, 15) is 0 Å². The average molecular weight is 385 g/mol. The van der Waals surface area contributed by atoms with Gasteiger partial charge in [0.15, 0.2) is 0 Å². The first kappa shape index (κ1) is 18.3. The Kier molecular flexibility index (Phi) is 5.62. The number of fused-ring (bicyclic) bond motifs is 1. The molecule has 0 amide bonds. The second kappa shape index (κ2) is 8.30. The number of para-hydroxylation sites is 2. The van der Waals surface area contributed by atoms with Crippen LogP contribution in [0, 0.1) is 0 Å². The first-order valence-corrected chi connectivity index (χ1v) is 9.84. The Balaban J connectivity index is 1.35. The fourth-order valence-electron chi connectivity index (χ4n) is 3.46. The number of rotatable bonds is 6. The van der Waals surface area contributed by atoms with E-state index < -0.39 is 0 Å². The van der Waals surface area contributed by atoms with Crippen LogP contribution in [0.5, 0.6) is 5.75 Å². The van der Waals surface area contributed by atoms with Crippen LogP contribution in [0.2, 0.25) is 5.02 Å². The number of hydrogen-bond acceptors (Lipinski definition) is 4. The second-order valence-corrected chi connectivity index (χ2v) is 7.47. The molecule has 0 spiro atoms. The minimum Gasteiger partial charge on any atom is -0.492 e. The summed E-state index contributed by atoms with van der Waals surface area (Å²) >= 11 is 6.47. The van der Waals surface area contributed by atoms with Gasteiger partial charge in [0.2, 0.25) is 0 Å². The number of imidazole rings is 1. The van der Waals surface area contributed by atoms with Gasteiger partial charge in [-0.15, -0.1) is 0 Å². The van der Waals surface area contributed by atoms with E-state index in [0.29, 0.717) is 11.6 Å². The lowest BCUT2D eigenvalue weighted by atomic mass is 10.2. The largest absolute Gasteiger partial charge is 0.492 e. The lowest BCUT2D eigenvalue weighted by Crippen LogP contribution is -2.44. The molecule has 0 bridgehead atoms. The zero-order valence-electron chi connectivity index (χ0n) is 15.6. The smallest absolute Gasteiger partial charge is 0.138 e. The maximum absolute atomic E-state index is 6.47. The number of nitrogens with zero attached hydrogens (tertiary/aromatic N) is 4. The van der Waals surface area contributed by atoms with Crippen LogP contribution in [0.1, 0.15) is 6.42 Å². The Bertz CT molecular complexity index is 902. The maximum atomic E-state index is 6.47. The van der Waals surface area contributed by atoms with Crippen LogP contribution < -0.4 is 4.74 Å². The Morgan fingerprint density at radius 3 is 2.70 bits per heavy atom. The number of benzene rings is 2. The van der Waals surface area contributed by atoms with Crippen molar-refractivity contribution in [2.75, 3.05) is 46.4 Å². The monoisotopic (exact) mass is 384 g/mol. The van der Waals surface area contributed by atoms with Gasteiger partial charge in [0.05, 0.1) is 22.7 Å². The predicted molar refractivity (Wildman–Crippen MR) is 110 cm³/mol. The van der Waals surface area contributed by atoms with Crippen molar-refractivity contribution in [3.63, 3.8) is 0 Å². The van der Waals surface area contributed by atoms with Gasteiger partial charge in [-0.3, -0.25) is 4.57 Å². The maximum Gasteiger partial charge on any atom is 0.138 e. The third kappa shape index (κ3) is 4.26. The molecule has 27 heavy (non-hydrogen) atoms. The van der Waals surface area contributed by atoms with Gasteiger partial charge in [-0.2, -0.15) is 0 Å². The number of halogens is 1. The summed E-state index contributed by atoms with van der Waals surface area (Å²) in [5.74, 6) is 0.739. The summed E-state index contributed by atoms with van der Waals surface area (Å²) < 4.78 is 7.95. The minimum absolute atomic E-state index is 0.630. The number of aromatic nitrogens is 2. The topological polar surface area (TPSA) is 33.5 Å². The summed E-state index contributed by atoms with van der Waals surface area (Å²) in [7, 11) is 2.18. The molecular weight excluding hydrogens is 360 g/mol. The molecule has 0 atom stereocenters. The molecule has 2 heterocycles. The summed E-state index contributed by atoms with van der Waals surface area (Å²) in [6.07, 6.45) is 2.83. The molecule has 6 heteroatoms. The molecule has 1 aliphatic heterocycles. The first-order chi connectivity index (χ1) is 13.2. The van der Waals surface area contributed by atoms with Gasteiger partial charge >= 0.3 is 0 Å². The quantitative estimate of drug-likeness (QED) is 0.607. The summed E-state index contributed by atoms with van der Waals surface area (Å²) in [5, 5.41) is 0.630. The second-order valence-electron chi connectivity index (χ2n) is 7.06. The van der Waals surface area contributed by atoms with Crippen LogP contribution in [0.4, 0.5) is 0 Å². The first-order valence-electron chi connectivity index (χ1n) is 9.46. The van der Waals surface area contributed by atoms with Gasteiger partial charge in [-0.25, -0.2) is 4.98 Å². The Labute approximate surface area is 165 Å². The van der Waals surface area contributed by atoms with Gasteiger partial charge in [0.25, 0.3) is 0 Å². The lowest BCUT2D eigenvalue weighted by molar-refractivity contribution is 0.145. The SMILES string of the molecule is CN1CCN(CCCOc2ccc(-n3cnc4ccccc43)cc2Cl)CC1. The molecule has 0 radical (unpaired) electrons. The molecule has 0 unspecified atom stereocenters. The normalized spacial score (nSPS) is 16.1. The molecule has 0 aliphatic carbocycles. The molecule has 1 aromatic heterocycles. The summed E-state index contributed by atoms with van der Waals surface area (Å²) in [6, 6.07) is 14.0. The van der Waals surface area contributed by atoms with E-state index in [1.54, 1.807) is 0 Å². The van der Waals surface area contributed by atoms with E-state index in [2.05, 4.69) is 27.9 Å². The summed E-state index contributed by atoms with van der Waals surface area (Å²) in [4.78, 5) is 9.31. The van der Waals surface area contributed by atoms with E-state index in [1.165, 1.54) is 0 Å². The Morgan fingerprint density at radius 2 is 1.89 bits per heavy atom. The van der Waals surface area contributed by atoms with Crippen LogP contribution in [-0.2, 0) is 0 Å². The van der Waals surface area contributed by atoms with E-state index in [1.807, 2.05) is 47.3 Å². The molecule has 3 aromatic rings. The van der Waals surface area contributed by atoms with Crippen LogP contribution in [0.15, 0.2) is 48.8 Å². The fourth-order valence-corrected chi connectivity index (χ4v) is 3.69. The predicted octanol–water partition coefficient (Wildman–Crippen LogP) is 3.70. The van der Waals surface area contributed by atoms with Gasteiger partial charge in [0.1, 0.15) is 12.1 Å². The molecule has 0 saturated carbocycles. The van der Waals surface area contributed by atoms with Crippen molar-refractivity contribution in [3.8, 4) is 11.4 Å². The fraction of sp³-hybridized carbons (Fsp3) is 0.381. The van der Waals surface area contributed by atoms with Crippen molar-refractivity contribution >= 4 is 22.6 Å². The van der Waals surface area contributed by atoms with E-state index in [4.69, 9.17) is 16.3 Å². The molecule has 1 fully saturated rings. The third-order valence-electron chi connectivity index (χ3n) is 5.12. The highest BCUT2D eigenvalue weighted by Crippen LogP contribution is 2.28. The van der Waals surface area contributed by atoms with Crippen LogP contribution in [0.3, 0.4) is 0 Å². The molecule has 1 aliphatic rings. The number of likely N-dealkylation sites (N-methyl/N-ethyl adjacent to an activating group) is 1. The lowest BCUT2D eigenvalue weighted by Gasteiger charge is -2.32. The van der Waals surface area contributed by atoms with Crippen LogP contribution >= 0.6 is 11.6 Å². The van der Waals surface area contributed by atoms with Crippen molar-refractivity contribution < 1.29 is 4.74 Å². The van der Waals surface area contributed by atoms with E-state index in [-0.39, 0.29) is 0 Å². The number of piperazine rings is 1. The van der Waals surface area contributed by atoms with Crippen molar-refractivity contribution in [2.45, 2.75) is 6.42 Å². The van der Waals surface area contributed by atoms with Gasteiger partial charge in [-0.05, 0) is 43.8 Å². The molecular formula is C21H25ClN4O. The molecule has 1 saturated heterocycles. The van der Waals surface area contributed by atoms with Crippen molar-refractivity contribution in [1.82, 2.24) is 19.4 Å². The highest BCUT2D eigenvalue weighted by molar-refractivity contribution is 6.32. The number of hydrogen-bond donors (Lipinski definition) is 0. The summed E-state index contributed by atoms with van der Waals surface area (Å²) in [6.45, 7) is 6.34. The molecule has 0 N–H and O–H groups in total. The van der Waals surface area contributed by atoms with Crippen molar-refractivity contribution in [3.05, 3.63) is 53.8 Å². The summed E-state index contributed by atoms with van der Waals surface area (Å²) in [5.41, 5.74) is 3.02. The van der Waals surface area contributed by atoms with Crippen LogP contribution in [-0.4, -0.2) is 65.7 Å². The standard InChI is InChI=1S/C21H25ClN4O/c1-24-10-12-25(13-11-24)9-4-14-27-21-8-7-17(15-18(21)22)26-16-23-19-5-2-3-6-20(19)26/h2-3,5-8,15-16H,4,9-14H2,1H3. The van der Waals surface area contributed by atoms with Crippen molar-refractivity contribution in [2.24, 2.45) is 0 Å². The average Bonchev–Trinajstić information content (AvgIpc) is 3.12. The zero-order chi connectivity index (χ0) is 18.6. The van der Waals surface area contributed by atoms with E-state index in [0.717, 1.165) is 61.6 Å². The molecule has 4 rings (SSSR count). The van der Waals surface area contributed by atoms with Crippen LogP contribution in [0.25, 0.3) is 16.7 Å². The van der Waals surface area contributed by atoms with Gasteiger partial charge in [-0.1, -0.05) is 23.7 Å². The highest BCUT2D eigenvalue weighted by Gasteiger charge is 2.13. The molecule has 5 nitrogen and oxygen atoms in total. The minimum atomic E-state index is 0.630. The number of ether oxygens (including phenoxy) is 1. The Hall–Kier alpha value is -2.08. The Morgan fingerprint density at radius 1 is 1.07 bits per heavy atom. The third-order valence-corrected chi connectivity index (χ3v) is 5.41.